The van der Waals surface area contributed by atoms with Gasteiger partial charge in [0.25, 0.3) is 11.1 Å². The monoisotopic (exact) mass is 415 g/mol. The molecule has 0 radical (unpaired) electrons. The number of phenols is 1. The highest BCUT2D eigenvalue weighted by molar-refractivity contribution is 8.19. The van der Waals surface area contributed by atoms with Crippen LogP contribution in [0.3, 0.4) is 0 Å². The van der Waals surface area contributed by atoms with E-state index < -0.39 is 23.2 Å². The van der Waals surface area contributed by atoms with Crippen molar-refractivity contribution in [2.45, 2.75) is 13.0 Å². The van der Waals surface area contributed by atoms with E-state index in [1.807, 2.05) is 0 Å². The number of anilines is 1. The molecule has 1 aliphatic rings. The molecule has 2 aromatic carbocycles. The zero-order valence-corrected chi connectivity index (χ0v) is 16.3. The second-order valence-corrected chi connectivity index (χ2v) is 7.04. The minimum Gasteiger partial charge on any atom is -0.508 e. The Morgan fingerprint density at radius 2 is 1.93 bits per heavy atom. The molecule has 9 heteroatoms. The van der Waals surface area contributed by atoms with Gasteiger partial charge in [-0.1, -0.05) is 12.1 Å². The zero-order chi connectivity index (χ0) is 21.1. The van der Waals surface area contributed by atoms with Gasteiger partial charge < -0.3 is 19.7 Å². The molecule has 2 aromatic rings. The van der Waals surface area contributed by atoms with Crippen LogP contribution in [0.2, 0.25) is 0 Å². The molecule has 1 fully saturated rings. The lowest BCUT2D eigenvalue weighted by atomic mass is 10.1. The number of amides is 2. The minimum absolute atomic E-state index is 0.0542. The average molecular weight is 415 g/mol. The summed E-state index contributed by atoms with van der Waals surface area (Å²) in [5.41, 5.74) is 0.846. The first-order valence-electron chi connectivity index (χ1n) is 8.44. The number of imide groups is 1. The third-order valence-electron chi connectivity index (χ3n) is 4.02. The van der Waals surface area contributed by atoms with Crippen molar-refractivity contribution in [1.82, 2.24) is 0 Å². The normalized spacial score (nSPS) is 16.2. The largest absolute Gasteiger partial charge is 0.508 e. The first-order valence-corrected chi connectivity index (χ1v) is 9.26. The topological polar surface area (TPSA) is 113 Å². The van der Waals surface area contributed by atoms with E-state index in [4.69, 9.17) is 14.6 Å². The minimum atomic E-state index is -1.11. The number of aromatic hydroxyl groups is 1. The van der Waals surface area contributed by atoms with Gasteiger partial charge in [0.2, 0.25) is 0 Å². The SMILES string of the molecule is COc1cc(/C=C2/SC(=O)N(c3cccc(O)c3)C2=O)ccc1OC(C)C(=O)O. The van der Waals surface area contributed by atoms with E-state index in [2.05, 4.69) is 0 Å². The predicted molar refractivity (Wildman–Crippen MR) is 107 cm³/mol. The maximum Gasteiger partial charge on any atom is 0.344 e. The molecule has 29 heavy (non-hydrogen) atoms. The van der Waals surface area contributed by atoms with Crippen LogP contribution >= 0.6 is 11.8 Å². The van der Waals surface area contributed by atoms with Crippen molar-refractivity contribution < 1.29 is 34.1 Å². The number of hydrogen-bond acceptors (Lipinski definition) is 7. The van der Waals surface area contributed by atoms with Crippen molar-refractivity contribution in [1.29, 1.82) is 0 Å². The van der Waals surface area contributed by atoms with Crippen LogP contribution in [0.15, 0.2) is 47.4 Å². The van der Waals surface area contributed by atoms with Crippen molar-refractivity contribution in [3.63, 3.8) is 0 Å². The highest BCUT2D eigenvalue weighted by atomic mass is 32.2. The number of rotatable bonds is 6. The van der Waals surface area contributed by atoms with E-state index >= 15 is 0 Å². The quantitative estimate of drug-likeness (QED) is 0.690. The number of phenolic OH excluding ortho intramolecular Hbond substituents is 1. The van der Waals surface area contributed by atoms with Gasteiger partial charge in [0.1, 0.15) is 5.75 Å². The Labute approximate surface area is 170 Å². The van der Waals surface area contributed by atoms with E-state index in [0.717, 1.165) is 16.7 Å². The highest BCUT2D eigenvalue weighted by Crippen LogP contribution is 2.37. The van der Waals surface area contributed by atoms with Crippen molar-refractivity contribution in [3.05, 3.63) is 52.9 Å². The molecule has 1 heterocycles. The lowest BCUT2D eigenvalue weighted by molar-refractivity contribution is -0.144. The number of nitrogens with zero attached hydrogens (tertiary/aromatic N) is 1. The number of carboxylic acid groups (broad SMARTS) is 1. The van der Waals surface area contributed by atoms with Gasteiger partial charge in [-0.05, 0) is 54.6 Å². The summed E-state index contributed by atoms with van der Waals surface area (Å²) in [7, 11) is 1.41. The summed E-state index contributed by atoms with van der Waals surface area (Å²) < 4.78 is 10.6. The molecule has 1 aliphatic heterocycles. The number of carbonyl (C=O) groups excluding carboxylic acids is 2. The first kappa shape index (κ1) is 20.3. The molecule has 8 nitrogen and oxygen atoms in total. The van der Waals surface area contributed by atoms with Crippen molar-refractivity contribution in [2.24, 2.45) is 0 Å². The lowest BCUT2D eigenvalue weighted by Crippen LogP contribution is -2.27. The number of benzene rings is 2. The zero-order valence-electron chi connectivity index (χ0n) is 15.5. The van der Waals surface area contributed by atoms with E-state index in [1.165, 1.54) is 38.3 Å². The van der Waals surface area contributed by atoms with E-state index in [-0.39, 0.29) is 22.1 Å². The fourth-order valence-electron chi connectivity index (χ4n) is 2.59. The standard InChI is InChI=1S/C20H17NO7S/c1-11(19(24)25)28-15-7-6-12(8-16(15)27-2)9-17-18(23)21(20(26)29-17)13-4-3-5-14(22)10-13/h3-11,22H,1-2H3,(H,24,25)/b17-9+. The molecule has 0 aromatic heterocycles. The van der Waals surface area contributed by atoms with E-state index in [1.54, 1.807) is 24.3 Å². The van der Waals surface area contributed by atoms with Crippen LogP contribution < -0.4 is 14.4 Å². The van der Waals surface area contributed by atoms with Crippen molar-refractivity contribution in [2.75, 3.05) is 12.0 Å². The fraction of sp³-hybridized carbons (Fsp3) is 0.150. The van der Waals surface area contributed by atoms with Gasteiger partial charge in [0.05, 0.1) is 17.7 Å². The average Bonchev–Trinajstić information content (AvgIpc) is 2.95. The molecule has 1 saturated heterocycles. The molecular formula is C20H17NO7S. The van der Waals surface area contributed by atoms with Gasteiger partial charge in [0, 0.05) is 6.07 Å². The maximum absolute atomic E-state index is 12.7. The first-order chi connectivity index (χ1) is 13.8. The summed E-state index contributed by atoms with van der Waals surface area (Å²) in [6.45, 7) is 1.40. The molecule has 150 valence electrons. The number of hydrogen-bond donors (Lipinski definition) is 2. The Kier molecular flexibility index (Phi) is 5.79. The summed E-state index contributed by atoms with van der Waals surface area (Å²) in [5, 5.41) is 18.1. The summed E-state index contributed by atoms with van der Waals surface area (Å²) in [5.74, 6) is -1.14. The molecule has 0 saturated carbocycles. The molecular weight excluding hydrogens is 398 g/mol. The molecule has 0 aliphatic carbocycles. The van der Waals surface area contributed by atoms with E-state index in [9.17, 15) is 19.5 Å². The summed E-state index contributed by atoms with van der Waals surface area (Å²) in [6.07, 6.45) is 0.467. The maximum atomic E-state index is 12.7. The van der Waals surface area contributed by atoms with Gasteiger partial charge in [-0.15, -0.1) is 0 Å². The molecule has 1 atom stereocenters. The second kappa shape index (κ2) is 8.27. The van der Waals surface area contributed by atoms with Gasteiger partial charge in [0.15, 0.2) is 17.6 Å². The van der Waals surface area contributed by atoms with Crippen LogP contribution in [0.1, 0.15) is 12.5 Å². The number of carbonyl (C=O) groups is 3. The van der Waals surface area contributed by atoms with Gasteiger partial charge in [-0.2, -0.15) is 0 Å². The fourth-order valence-corrected chi connectivity index (χ4v) is 3.43. The predicted octanol–water partition coefficient (Wildman–Crippen LogP) is 3.49. The lowest BCUT2D eigenvalue weighted by Gasteiger charge is -2.14. The van der Waals surface area contributed by atoms with Crippen LogP contribution in [0.25, 0.3) is 6.08 Å². The number of methoxy groups -OCH3 is 1. The van der Waals surface area contributed by atoms with Gasteiger partial charge in [-0.25, -0.2) is 9.69 Å². The van der Waals surface area contributed by atoms with Crippen LogP contribution in [-0.4, -0.2) is 40.5 Å². The van der Waals surface area contributed by atoms with Crippen LogP contribution in [0.4, 0.5) is 10.5 Å². The van der Waals surface area contributed by atoms with Crippen molar-refractivity contribution >= 4 is 40.6 Å². The number of carboxylic acids is 1. The summed E-state index contributed by atoms with van der Waals surface area (Å²) in [4.78, 5) is 37.1. The number of aliphatic carboxylic acids is 1. The Bertz CT molecular complexity index is 1020. The molecule has 0 bridgehead atoms. The van der Waals surface area contributed by atoms with Gasteiger partial charge in [-0.3, -0.25) is 9.59 Å². The number of thioether (sulfide) groups is 1. The Morgan fingerprint density at radius 3 is 2.59 bits per heavy atom. The Hall–Kier alpha value is -3.46. The summed E-state index contributed by atoms with van der Waals surface area (Å²) >= 11 is 0.777. The third-order valence-corrected chi connectivity index (χ3v) is 4.89. The van der Waals surface area contributed by atoms with Gasteiger partial charge >= 0.3 is 5.97 Å². The molecule has 2 N–H and O–H groups in total. The summed E-state index contributed by atoms with van der Waals surface area (Å²) in [6, 6.07) is 10.6. The van der Waals surface area contributed by atoms with Crippen LogP contribution in [-0.2, 0) is 9.59 Å². The molecule has 0 spiro atoms. The van der Waals surface area contributed by atoms with Crippen molar-refractivity contribution in [3.8, 4) is 17.2 Å². The van der Waals surface area contributed by atoms with Crippen LogP contribution in [0.5, 0.6) is 17.2 Å². The molecule has 1 unspecified atom stereocenters. The highest BCUT2D eigenvalue weighted by Gasteiger charge is 2.36. The number of ether oxygens (including phenoxy) is 2. The molecule has 2 amide bonds. The van der Waals surface area contributed by atoms with E-state index in [0.29, 0.717) is 11.3 Å². The second-order valence-electron chi connectivity index (χ2n) is 6.05. The molecule has 3 rings (SSSR count). The smallest absolute Gasteiger partial charge is 0.344 e. The Morgan fingerprint density at radius 1 is 1.17 bits per heavy atom. The van der Waals surface area contributed by atoms with Crippen LogP contribution in [0, 0.1) is 0 Å². The third kappa shape index (κ3) is 4.35. The Balaban J connectivity index is 1.87.